The molecule has 2 rings (SSSR count). The van der Waals surface area contributed by atoms with Crippen LogP contribution in [0, 0.1) is 0 Å². The molecule has 0 bridgehead atoms. The molecule has 5 nitrogen and oxygen atoms in total. The third-order valence-corrected chi connectivity index (χ3v) is 4.22. The number of rotatable bonds is 4. The van der Waals surface area contributed by atoms with Gasteiger partial charge in [-0.1, -0.05) is 6.92 Å². The SMILES string of the molecule is CCCN1CCN(C(=O)CN2CCN(C)CC2)CC1. The van der Waals surface area contributed by atoms with Crippen molar-refractivity contribution in [2.45, 2.75) is 13.3 Å². The molecule has 0 aromatic rings. The van der Waals surface area contributed by atoms with Crippen molar-refractivity contribution in [1.82, 2.24) is 19.6 Å². The van der Waals surface area contributed by atoms with Crippen LogP contribution in [0.3, 0.4) is 0 Å². The van der Waals surface area contributed by atoms with Gasteiger partial charge in [0.05, 0.1) is 6.54 Å². The Bertz CT molecular complexity index is 281. The molecule has 19 heavy (non-hydrogen) atoms. The molecular weight excluding hydrogens is 240 g/mol. The van der Waals surface area contributed by atoms with Crippen molar-refractivity contribution in [2.24, 2.45) is 0 Å². The number of carbonyl (C=O) groups is 1. The Morgan fingerprint density at radius 1 is 0.895 bits per heavy atom. The van der Waals surface area contributed by atoms with E-state index in [-0.39, 0.29) is 0 Å². The molecule has 2 saturated heterocycles. The van der Waals surface area contributed by atoms with Gasteiger partial charge in [0, 0.05) is 52.4 Å². The molecule has 2 aliphatic rings. The molecule has 0 unspecified atom stereocenters. The summed E-state index contributed by atoms with van der Waals surface area (Å²) in [6.07, 6.45) is 1.20. The Balaban J connectivity index is 1.69. The topological polar surface area (TPSA) is 30.0 Å². The van der Waals surface area contributed by atoms with Gasteiger partial charge in [-0.25, -0.2) is 0 Å². The summed E-state index contributed by atoms with van der Waals surface area (Å²) in [5.74, 6) is 0.320. The maximum atomic E-state index is 12.3. The highest BCUT2D eigenvalue weighted by Crippen LogP contribution is 2.05. The minimum atomic E-state index is 0.320. The Hall–Kier alpha value is -0.650. The van der Waals surface area contributed by atoms with Crippen LogP contribution in [0.15, 0.2) is 0 Å². The van der Waals surface area contributed by atoms with Gasteiger partial charge in [0.1, 0.15) is 0 Å². The summed E-state index contributed by atoms with van der Waals surface area (Å²) < 4.78 is 0. The molecule has 0 aromatic heterocycles. The van der Waals surface area contributed by atoms with Gasteiger partial charge in [-0.2, -0.15) is 0 Å². The average molecular weight is 268 g/mol. The van der Waals surface area contributed by atoms with Crippen LogP contribution < -0.4 is 0 Å². The van der Waals surface area contributed by atoms with Crippen LogP contribution in [0.2, 0.25) is 0 Å². The minimum Gasteiger partial charge on any atom is -0.339 e. The third kappa shape index (κ3) is 4.44. The second kappa shape index (κ2) is 7.22. The molecule has 0 N–H and O–H groups in total. The standard InChI is InChI=1S/C14H28N4O/c1-3-4-16-9-11-18(12-10-16)14(19)13-17-7-5-15(2)6-8-17/h3-13H2,1-2H3. The van der Waals surface area contributed by atoms with Crippen LogP contribution in [-0.2, 0) is 4.79 Å². The fraction of sp³-hybridized carbons (Fsp3) is 0.929. The molecule has 2 aliphatic heterocycles. The van der Waals surface area contributed by atoms with Crippen molar-refractivity contribution < 1.29 is 4.79 Å². The number of piperazine rings is 2. The maximum absolute atomic E-state index is 12.3. The van der Waals surface area contributed by atoms with Gasteiger partial charge in [0.25, 0.3) is 0 Å². The third-order valence-electron chi connectivity index (χ3n) is 4.22. The summed E-state index contributed by atoms with van der Waals surface area (Å²) >= 11 is 0. The first-order chi connectivity index (χ1) is 9.19. The molecule has 0 aromatic carbocycles. The van der Waals surface area contributed by atoms with Crippen molar-refractivity contribution in [3.8, 4) is 0 Å². The van der Waals surface area contributed by atoms with Gasteiger partial charge in [0.2, 0.25) is 5.91 Å². The number of likely N-dealkylation sites (N-methyl/N-ethyl adjacent to an activating group) is 1. The smallest absolute Gasteiger partial charge is 0.236 e. The normalized spacial score (nSPS) is 23.8. The molecular formula is C14H28N4O. The summed E-state index contributed by atoms with van der Waals surface area (Å²) in [5, 5.41) is 0. The Kier molecular flexibility index (Phi) is 5.60. The molecule has 110 valence electrons. The number of nitrogens with zero attached hydrogens (tertiary/aromatic N) is 4. The molecule has 2 fully saturated rings. The van der Waals surface area contributed by atoms with E-state index in [1.165, 1.54) is 13.0 Å². The molecule has 0 saturated carbocycles. The molecule has 0 radical (unpaired) electrons. The molecule has 2 heterocycles. The predicted octanol–water partition coefficient (Wildman–Crippen LogP) is -0.212. The second-order valence-corrected chi connectivity index (χ2v) is 5.80. The number of hydrogen-bond acceptors (Lipinski definition) is 4. The Morgan fingerprint density at radius 3 is 2.05 bits per heavy atom. The number of amides is 1. The molecule has 0 aliphatic carbocycles. The van der Waals surface area contributed by atoms with Crippen molar-refractivity contribution >= 4 is 5.91 Å². The maximum Gasteiger partial charge on any atom is 0.236 e. The van der Waals surface area contributed by atoms with E-state index in [0.717, 1.165) is 52.4 Å². The van der Waals surface area contributed by atoms with Crippen LogP contribution >= 0.6 is 0 Å². The van der Waals surface area contributed by atoms with Gasteiger partial charge in [-0.05, 0) is 20.0 Å². The van der Waals surface area contributed by atoms with Crippen LogP contribution in [0.4, 0.5) is 0 Å². The summed E-state index contributed by atoms with van der Waals surface area (Å²) in [4.78, 5) is 21.4. The van der Waals surface area contributed by atoms with Gasteiger partial charge < -0.3 is 9.80 Å². The quantitative estimate of drug-likeness (QED) is 0.706. The summed E-state index contributed by atoms with van der Waals surface area (Å²) in [6.45, 7) is 12.1. The number of carbonyl (C=O) groups excluding carboxylic acids is 1. The molecule has 5 heteroatoms. The largest absolute Gasteiger partial charge is 0.339 e. The second-order valence-electron chi connectivity index (χ2n) is 5.80. The highest BCUT2D eigenvalue weighted by molar-refractivity contribution is 5.78. The summed E-state index contributed by atoms with van der Waals surface area (Å²) in [7, 11) is 2.14. The fourth-order valence-electron chi connectivity index (χ4n) is 2.83. The van der Waals surface area contributed by atoms with E-state index in [9.17, 15) is 4.79 Å². The zero-order chi connectivity index (χ0) is 13.7. The van der Waals surface area contributed by atoms with Crippen LogP contribution in [0.25, 0.3) is 0 Å². The van der Waals surface area contributed by atoms with E-state index in [4.69, 9.17) is 0 Å². The predicted molar refractivity (Wildman–Crippen MR) is 77.2 cm³/mol. The first-order valence-electron chi connectivity index (χ1n) is 7.60. The van der Waals surface area contributed by atoms with E-state index in [1.807, 2.05) is 4.90 Å². The lowest BCUT2D eigenvalue weighted by Gasteiger charge is -2.37. The van der Waals surface area contributed by atoms with Gasteiger partial charge >= 0.3 is 0 Å². The molecule has 0 atom stereocenters. The number of hydrogen-bond donors (Lipinski definition) is 0. The average Bonchev–Trinajstić information content (AvgIpc) is 2.42. The van der Waals surface area contributed by atoms with Crippen LogP contribution in [-0.4, -0.2) is 98.0 Å². The Labute approximate surface area is 117 Å². The summed E-state index contributed by atoms with van der Waals surface area (Å²) in [5.41, 5.74) is 0. The van der Waals surface area contributed by atoms with Crippen molar-refractivity contribution in [3.63, 3.8) is 0 Å². The zero-order valence-corrected chi connectivity index (χ0v) is 12.5. The van der Waals surface area contributed by atoms with E-state index in [0.29, 0.717) is 12.5 Å². The molecule has 0 spiro atoms. The van der Waals surface area contributed by atoms with Gasteiger partial charge in [0.15, 0.2) is 0 Å². The lowest BCUT2D eigenvalue weighted by molar-refractivity contribution is -0.134. The van der Waals surface area contributed by atoms with E-state index in [1.54, 1.807) is 0 Å². The lowest BCUT2D eigenvalue weighted by Crippen LogP contribution is -2.53. The van der Waals surface area contributed by atoms with Gasteiger partial charge in [-0.3, -0.25) is 14.6 Å². The van der Waals surface area contributed by atoms with E-state index >= 15 is 0 Å². The zero-order valence-electron chi connectivity index (χ0n) is 12.5. The first-order valence-corrected chi connectivity index (χ1v) is 7.60. The van der Waals surface area contributed by atoms with Gasteiger partial charge in [-0.15, -0.1) is 0 Å². The highest BCUT2D eigenvalue weighted by Gasteiger charge is 2.23. The van der Waals surface area contributed by atoms with Crippen LogP contribution in [0.5, 0.6) is 0 Å². The molecule has 1 amide bonds. The van der Waals surface area contributed by atoms with Crippen LogP contribution in [0.1, 0.15) is 13.3 Å². The van der Waals surface area contributed by atoms with E-state index in [2.05, 4.69) is 28.7 Å². The minimum absolute atomic E-state index is 0.320. The highest BCUT2D eigenvalue weighted by atomic mass is 16.2. The fourth-order valence-corrected chi connectivity index (χ4v) is 2.83. The van der Waals surface area contributed by atoms with Crippen molar-refractivity contribution in [3.05, 3.63) is 0 Å². The van der Waals surface area contributed by atoms with E-state index < -0.39 is 0 Å². The first kappa shape index (κ1) is 14.8. The monoisotopic (exact) mass is 268 g/mol. The van der Waals surface area contributed by atoms with Crippen molar-refractivity contribution in [1.29, 1.82) is 0 Å². The Morgan fingerprint density at radius 2 is 1.47 bits per heavy atom. The van der Waals surface area contributed by atoms with Crippen molar-refractivity contribution in [2.75, 3.05) is 72.5 Å². The summed E-state index contributed by atoms with van der Waals surface area (Å²) in [6, 6.07) is 0. The lowest BCUT2D eigenvalue weighted by atomic mass is 10.2.